The minimum atomic E-state index is 0.670. The van der Waals surface area contributed by atoms with Crippen molar-refractivity contribution in [1.82, 2.24) is 9.80 Å². The van der Waals surface area contributed by atoms with Gasteiger partial charge in [0.25, 0.3) is 0 Å². The number of nitrogens with two attached hydrogens (primary N) is 1. The zero-order valence-electron chi connectivity index (χ0n) is 8.79. The molecule has 0 aromatic carbocycles. The molecule has 1 heterocycles. The third-order valence-corrected chi connectivity index (χ3v) is 2.56. The Morgan fingerprint density at radius 2 is 1.85 bits per heavy atom. The highest BCUT2D eigenvalue weighted by atomic mass is 15.3. The maximum absolute atomic E-state index is 5.57. The Hall–Kier alpha value is -0.540. The zero-order chi connectivity index (χ0) is 9.84. The Kier molecular flexibility index (Phi) is 3.75. The number of rotatable bonds is 3. The van der Waals surface area contributed by atoms with Gasteiger partial charge in [-0.05, 0) is 13.8 Å². The molecule has 76 valence electrons. The molecule has 1 rings (SSSR count). The summed E-state index contributed by atoms with van der Waals surface area (Å²) >= 11 is 0. The van der Waals surface area contributed by atoms with Crippen molar-refractivity contribution in [2.75, 3.05) is 32.7 Å². The lowest BCUT2D eigenvalue weighted by atomic mass is 10.2. The molecule has 0 aromatic heterocycles. The highest BCUT2D eigenvalue weighted by Crippen LogP contribution is 2.05. The summed E-state index contributed by atoms with van der Waals surface area (Å²) in [6, 6.07) is 0.670. The third kappa shape index (κ3) is 3.36. The van der Waals surface area contributed by atoms with Crippen molar-refractivity contribution in [3.05, 3.63) is 12.3 Å². The normalized spacial score (nSPS) is 20.8. The summed E-state index contributed by atoms with van der Waals surface area (Å²) in [5.41, 5.74) is 6.34. The molecule has 0 atom stereocenters. The summed E-state index contributed by atoms with van der Waals surface area (Å²) in [7, 11) is 0. The second kappa shape index (κ2) is 4.63. The monoisotopic (exact) mass is 183 g/mol. The van der Waals surface area contributed by atoms with Crippen molar-refractivity contribution in [2.45, 2.75) is 19.9 Å². The molecule has 0 aliphatic carbocycles. The minimum absolute atomic E-state index is 0.670. The molecule has 1 saturated heterocycles. The molecule has 3 heteroatoms. The van der Waals surface area contributed by atoms with Crippen LogP contribution in [0.15, 0.2) is 12.3 Å². The van der Waals surface area contributed by atoms with Gasteiger partial charge in [-0.2, -0.15) is 0 Å². The molecule has 2 N–H and O–H groups in total. The van der Waals surface area contributed by atoms with Crippen molar-refractivity contribution in [2.24, 2.45) is 5.73 Å². The maximum Gasteiger partial charge on any atom is 0.0374 e. The van der Waals surface area contributed by atoms with Crippen molar-refractivity contribution >= 4 is 0 Å². The Balaban J connectivity index is 2.26. The Labute approximate surface area is 81.2 Å². The molecule has 0 saturated carbocycles. The fraction of sp³-hybridized carbons (Fsp3) is 0.800. The predicted molar refractivity (Wildman–Crippen MR) is 56.5 cm³/mol. The summed E-state index contributed by atoms with van der Waals surface area (Å²) in [5.74, 6) is 0. The van der Waals surface area contributed by atoms with Crippen LogP contribution in [-0.4, -0.2) is 48.6 Å². The van der Waals surface area contributed by atoms with E-state index in [2.05, 4.69) is 30.2 Å². The summed E-state index contributed by atoms with van der Waals surface area (Å²) < 4.78 is 0. The Bertz CT molecular complexity index is 169. The molecule has 0 aromatic rings. The van der Waals surface area contributed by atoms with Crippen molar-refractivity contribution in [3.63, 3.8) is 0 Å². The predicted octanol–water partition coefficient (Wildman–Crippen LogP) is 0.485. The van der Waals surface area contributed by atoms with Gasteiger partial charge < -0.3 is 5.73 Å². The van der Waals surface area contributed by atoms with Gasteiger partial charge in [-0.15, -0.1) is 0 Å². The van der Waals surface area contributed by atoms with Crippen LogP contribution >= 0.6 is 0 Å². The van der Waals surface area contributed by atoms with Crippen LogP contribution in [0.3, 0.4) is 0 Å². The van der Waals surface area contributed by atoms with Gasteiger partial charge in [0.05, 0.1) is 0 Å². The summed E-state index contributed by atoms with van der Waals surface area (Å²) in [5, 5.41) is 0. The summed E-state index contributed by atoms with van der Waals surface area (Å²) in [6.45, 7) is 13.6. The Morgan fingerprint density at radius 1 is 1.31 bits per heavy atom. The van der Waals surface area contributed by atoms with Gasteiger partial charge in [-0.1, -0.05) is 6.58 Å². The lowest BCUT2D eigenvalue weighted by molar-refractivity contribution is 0.115. The van der Waals surface area contributed by atoms with Gasteiger partial charge in [0.1, 0.15) is 0 Å². The first-order valence-corrected chi connectivity index (χ1v) is 4.99. The molecular weight excluding hydrogens is 162 g/mol. The van der Waals surface area contributed by atoms with Crippen molar-refractivity contribution < 1.29 is 0 Å². The first kappa shape index (κ1) is 10.5. The number of hydrogen-bond acceptors (Lipinski definition) is 3. The highest BCUT2D eigenvalue weighted by Gasteiger charge is 2.18. The van der Waals surface area contributed by atoms with E-state index in [0.29, 0.717) is 6.04 Å². The number of hydrogen-bond donors (Lipinski definition) is 1. The van der Waals surface area contributed by atoms with Crippen LogP contribution in [0.2, 0.25) is 0 Å². The largest absolute Gasteiger partial charge is 0.401 e. The average molecular weight is 183 g/mol. The lowest BCUT2D eigenvalue weighted by Gasteiger charge is -2.36. The van der Waals surface area contributed by atoms with Gasteiger partial charge in [0.15, 0.2) is 0 Å². The van der Waals surface area contributed by atoms with Crippen LogP contribution in [0.5, 0.6) is 0 Å². The van der Waals surface area contributed by atoms with E-state index in [-0.39, 0.29) is 0 Å². The van der Waals surface area contributed by atoms with Crippen molar-refractivity contribution in [3.8, 4) is 0 Å². The summed E-state index contributed by atoms with van der Waals surface area (Å²) in [4.78, 5) is 4.86. The minimum Gasteiger partial charge on any atom is -0.401 e. The SMILES string of the molecule is C=C(N)CN1CCN(C(C)C)CC1. The van der Waals surface area contributed by atoms with Gasteiger partial charge in [0.2, 0.25) is 0 Å². The molecule has 0 unspecified atom stereocenters. The van der Waals surface area contributed by atoms with E-state index in [1.807, 2.05) is 0 Å². The molecule has 0 amide bonds. The fourth-order valence-electron chi connectivity index (χ4n) is 1.73. The smallest absolute Gasteiger partial charge is 0.0374 e. The molecule has 1 aliphatic heterocycles. The second-order valence-corrected chi connectivity index (χ2v) is 4.06. The topological polar surface area (TPSA) is 32.5 Å². The van der Waals surface area contributed by atoms with Crippen LogP contribution in [0.1, 0.15) is 13.8 Å². The second-order valence-electron chi connectivity index (χ2n) is 4.06. The zero-order valence-corrected chi connectivity index (χ0v) is 8.79. The van der Waals surface area contributed by atoms with E-state index in [1.165, 1.54) is 0 Å². The molecule has 1 aliphatic rings. The summed E-state index contributed by atoms with van der Waals surface area (Å²) in [6.07, 6.45) is 0. The maximum atomic E-state index is 5.57. The van der Waals surface area contributed by atoms with E-state index in [9.17, 15) is 0 Å². The van der Waals surface area contributed by atoms with E-state index in [0.717, 1.165) is 38.4 Å². The highest BCUT2D eigenvalue weighted by molar-refractivity contribution is 4.91. The molecule has 0 radical (unpaired) electrons. The standard InChI is InChI=1S/C10H21N3/c1-9(2)13-6-4-12(5-7-13)8-10(3)11/h9H,3-8,11H2,1-2H3. The fourth-order valence-corrected chi connectivity index (χ4v) is 1.73. The van der Waals surface area contributed by atoms with Crippen LogP contribution in [-0.2, 0) is 0 Å². The quantitative estimate of drug-likeness (QED) is 0.691. The van der Waals surface area contributed by atoms with E-state index < -0.39 is 0 Å². The molecule has 1 fully saturated rings. The van der Waals surface area contributed by atoms with E-state index >= 15 is 0 Å². The van der Waals surface area contributed by atoms with Gasteiger partial charge >= 0.3 is 0 Å². The van der Waals surface area contributed by atoms with Crippen LogP contribution < -0.4 is 5.73 Å². The molecular formula is C10H21N3. The van der Waals surface area contributed by atoms with Gasteiger partial charge in [0, 0.05) is 44.5 Å². The van der Waals surface area contributed by atoms with Crippen LogP contribution in [0.25, 0.3) is 0 Å². The molecule has 3 nitrogen and oxygen atoms in total. The van der Waals surface area contributed by atoms with Gasteiger partial charge in [-0.3, -0.25) is 9.80 Å². The number of nitrogens with zero attached hydrogens (tertiary/aromatic N) is 2. The van der Waals surface area contributed by atoms with Gasteiger partial charge in [-0.25, -0.2) is 0 Å². The Morgan fingerprint density at radius 3 is 2.23 bits per heavy atom. The molecule has 0 bridgehead atoms. The van der Waals surface area contributed by atoms with Crippen LogP contribution in [0.4, 0.5) is 0 Å². The molecule has 0 spiro atoms. The first-order chi connectivity index (χ1) is 6.09. The van der Waals surface area contributed by atoms with Crippen molar-refractivity contribution in [1.29, 1.82) is 0 Å². The van der Waals surface area contributed by atoms with E-state index in [1.54, 1.807) is 0 Å². The van der Waals surface area contributed by atoms with Crippen LogP contribution in [0, 0.1) is 0 Å². The average Bonchev–Trinajstić information content (AvgIpc) is 2.04. The first-order valence-electron chi connectivity index (χ1n) is 4.99. The third-order valence-electron chi connectivity index (χ3n) is 2.56. The van der Waals surface area contributed by atoms with E-state index in [4.69, 9.17) is 5.73 Å². The molecule has 13 heavy (non-hydrogen) atoms. The number of piperazine rings is 1. The lowest BCUT2D eigenvalue weighted by Crippen LogP contribution is -2.49.